The van der Waals surface area contributed by atoms with Gasteiger partial charge in [-0.05, 0) is 85.4 Å². The summed E-state index contributed by atoms with van der Waals surface area (Å²) < 4.78 is 38.5. The molecule has 25 heteroatoms. The molecule has 2 aromatic heterocycles. The van der Waals surface area contributed by atoms with Crippen LogP contribution < -0.4 is 48.9 Å². The zero-order chi connectivity index (χ0) is 56.3. The molecule has 0 bridgehead atoms. The van der Waals surface area contributed by atoms with Crippen molar-refractivity contribution in [3.63, 3.8) is 0 Å². The number of carbonyl (C=O) groups excluding carboxylic acids is 9. The van der Waals surface area contributed by atoms with E-state index in [9.17, 15) is 47.9 Å². The summed E-state index contributed by atoms with van der Waals surface area (Å²) in [5.41, 5.74) is 13.0. The third-order valence-electron chi connectivity index (χ3n) is 14.4. The minimum absolute atomic E-state index is 0.00697. The van der Waals surface area contributed by atoms with Gasteiger partial charge in [0.05, 0.1) is 54.1 Å². The van der Waals surface area contributed by atoms with Crippen molar-refractivity contribution in [1.82, 2.24) is 36.1 Å². The van der Waals surface area contributed by atoms with Gasteiger partial charge in [0.25, 0.3) is 5.56 Å². The highest BCUT2D eigenvalue weighted by atomic mass is 19.1. The molecule has 1 fully saturated rings. The molecule has 8 rings (SSSR count). The third-order valence-corrected chi connectivity index (χ3v) is 14.4. The summed E-state index contributed by atoms with van der Waals surface area (Å²) in [5, 5.41) is 16.5. The molecule has 4 aliphatic rings. The Morgan fingerprint density at radius 3 is 2.35 bits per heavy atom. The molecule has 0 radical (unpaired) electrons. The van der Waals surface area contributed by atoms with Crippen molar-refractivity contribution in [3.8, 4) is 11.4 Å². The van der Waals surface area contributed by atoms with Crippen LogP contribution in [-0.4, -0.2) is 101 Å². The SMILES string of the molecule is CC[C@@]1(OC(=O)OCc2ccc(NC(=O)[C@H](CCCNC(N)=O)NC(=O)[C@@H](NC(=O)[C@@H](N)CC(=O)N[C@H]3CCOC3=O)C(C)C)cc2)C(=O)OCc2c1cc1n(c2=O)Cc2c-1nc1cc(F)c(C)c3c1c2[C@@H](NC(C)=O)CC3. The van der Waals surface area contributed by atoms with Crippen LogP contribution in [0.15, 0.2) is 41.2 Å². The second-order valence-electron chi connectivity index (χ2n) is 20.0. The van der Waals surface area contributed by atoms with Crippen molar-refractivity contribution < 1.29 is 66.5 Å². The molecule has 414 valence electrons. The van der Waals surface area contributed by atoms with E-state index >= 15 is 4.39 Å². The molecular weight excluding hydrogens is 1020 g/mol. The highest BCUT2D eigenvalue weighted by Gasteiger charge is 2.51. The largest absolute Gasteiger partial charge is 0.510 e. The van der Waals surface area contributed by atoms with E-state index in [1.54, 1.807) is 33.8 Å². The molecule has 6 atom stereocenters. The number of rotatable bonds is 19. The van der Waals surface area contributed by atoms with Gasteiger partial charge in [-0.15, -0.1) is 0 Å². The number of hydrogen-bond donors (Lipinski definition) is 8. The van der Waals surface area contributed by atoms with Gasteiger partial charge in [0.1, 0.15) is 37.2 Å². The number of halogens is 1. The van der Waals surface area contributed by atoms with E-state index in [0.717, 1.165) is 16.5 Å². The number of aromatic nitrogens is 2. The van der Waals surface area contributed by atoms with E-state index in [0.29, 0.717) is 46.4 Å². The lowest BCUT2D eigenvalue weighted by atomic mass is 9.81. The van der Waals surface area contributed by atoms with Crippen molar-refractivity contribution in [2.75, 3.05) is 18.5 Å². The minimum Gasteiger partial charge on any atom is -0.464 e. The number of aryl methyl sites for hydroxylation is 1. The summed E-state index contributed by atoms with van der Waals surface area (Å²) >= 11 is 0. The number of amides is 7. The number of primary amides is 1. The van der Waals surface area contributed by atoms with Gasteiger partial charge in [-0.25, -0.2) is 28.6 Å². The van der Waals surface area contributed by atoms with E-state index in [1.807, 2.05) is 0 Å². The molecule has 0 unspecified atom stereocenters. The number of carbonyl (C=O) groups is 9. The summed E-state index contributed by atoms with van der Waals surface area (Å²) in [4.78, 5) is 135. The lowest BCUT2D eigenvalue weighted by molar-refractivity contribution is -0.175. The van der Waals surface area contributed by atoms with Crippen LogP contribution in [0.3, 0.4) is 0 Å². The minimum atomic E-state index is -2.13. The molecule has 1 aliphatic carbocycles. The lowest BCUT2D eigenvalue weighted by Gasteiger charge is -2.35. The first-order valence-electron chi connectivity index (χ1n) is 25.6. The molecule has 78 heavy (non-hydrogen) atoms. The Hall–Kier alpha value is -8.48. The van der Waals surface area contributed by atoms with Gasteiger partial charge in [0.2, 0.25) is 35.1 Å². The van der Waals surface area contributed by atoms with E-state index in [2.05, 4.69) is 31.9 Å². The highest BCUT2D eigenvalue weighted by Crippen LogP contribution is 2.46. The molecule has 24 nitrogen and oxygen atoms in total. The van der Waals surface area contributed by atoms with Gasteiger partial charge < -0.3 is 66.9 Å². The van der Waals surface area contributed by atoms with Crippen molar-refractivity contribution in [3.05, 3.63) is 91.5 Å². The van der Waals surface area contributed by atoms with Crippen molar-refractivity contribution in [1.29, 1.82) is 0 Å². The molecule has 4 aromatic rings. The molecule has 1 saturated heterocycles. The number of benzene rings is 2. The Balaban J connectivity index is 0.937. The van der Waals surface area contributed by atoms with Gasteiger partial charge in [-0.3, -0.25) is 28.8 Å². The first kappa shape index (κ1) is 55.7. The maximum Gasteiger partial charge on any atom is 0.510 e. The average molecular weight is 1080 g/mol. The van der Waals surface area contributed by atoms with Gasteiger partial charge in [0.15, 0.2) is 0 Å². The number of nitrogens with two attached hydrogens (primary N) is 2. The third kappa shape index (κ3) is 11.5. The maximum absolute atomic E-state index is 15.4. The smallest absolute Gasteiger partial charge is 0.464 e. The number of fused-ring (bicyclic) bond motifs is 5. The Morgan fingerprint density at radius 2 is 1.68 bits per heavy atom. The van der Waals surface area contributed by atoms with E-state index in [4.69, 9.17) is 35.4 Å². The molecular formula is C53H61FN10O14. The van der Waals surface area contributed by atoms with Gasteiger partial charge in [0, 0.05) is 48.2 Å². The van der Waals surface area contributed by atoms with E-state index in [1.165, 1.54) is 41.8 Å². The number of urea groups is 1. The van der Waals surface area contributed by atoms with Crippen LogP contribution in [0.2, 0.25) is 0 Å². The molecule has 2 aromatic carbocycles. The normalized spacial score (nSPS) is 18.9. The second kappa shape index (κ2) is 23.0. The molecule has 10 N–H and O–H groups in total. The molecule has 0 spiro atoms. The van der Waals surface area contributed by atoms with Crippen LogP contribution in [0.4, 0.5) is 19.7 Å². The molecule has 5 heterocycles. The van der Waals surface area contributed by atoms with Gasteiger partial charge in [-0.1, -0.05) is 32.9 Å². The quantitative estimate of drug-likeness (QED) is 0.0334. The number of ether oxygens (including phenoxy) is 4. The number of nitrogens with one attached hydrogen (secondary N) is 6. The first-order valence-corrected chi connectivity index (χ1v) is 25.6. The van der Waals surface area contributed by atoms with Crippen LogP contribution in [0.1, 0.15) is 111 Å². The van der Waals surface area contributed by atoms with Crippen LogP contribution >= 0.6 is 0 Å². The fourth-order valence-corrected chi connectivity index (χ4v) is 10.3. The van der Waals surface area contributed by atoms with Crippen molar-refractivity contribution >= 4 is 70.3 Å². The predicted molar refractivity (Wildman–Crippen MR) is 274 cm³/mol. The number of nitrogens with zero attached hydrogens (tertiary/aromatic N) is 2. The fraction of sp³-hybridized carbons (Fsp3) is 0.453. The van der Waals surface area contributed by atoms with Crippen LogP contribution in [-0.2, 0) is 84.3 Å². The number of hydrogen-bond acceptors (Lipinski definition) is 16. The molecule has 3 aliphatic heterocycles. The number of pyridine rings is 2. The summed E-state index contributed by atoms with van der Waals surface area (Å²) in [6, 6.07) is 3.03. The second-order valence-corrected chi connectivity index (χ2v) is 20.0. The standard InChI is InChI=1S/C53H61FN10O14/c1-6-53(32-18-39-44-30(21-64(39)48(70)31(32)23-76-50(53)72)42-35(58-26(5)65)14-13-29-25(4)33(54)19-38(61-44)41(29)42)78-52(74)77-22-27-9-11-28(12-10-27)59-46(68)36(8-7-16-57-51(56)73)62-47(69)43(24(2)3)63-45(67)34(55)20-40(66)60-37-15-17-75-49(37)71/h9-12,18-19,24,34-37,43H,6-8,13-17,20-23,55H2,1-5H3,(H,58,65)(H,59,68)(H,60,66)(H,62,69)(H,63,67)(H3,56,57,73)/t34-,35-,36-,37-,43-,53-/m0/s1. The average Bonchev–Trinajstić information content (AvgIpc) is 4.13. The Kier molecular flexibility index (Phi) is 16.4. The number of anilines is 1. The van der Waals surface area contributed by atoms with Crippen LogP contribution in [0.25, 0.3) is 22.3 Å². The molecule has 7 amide bonds. The van der Waals surface area contributed by atoms with Crippen LogP contribution in [0, 0.1) is 18.7 Å². The fourth-order valence-electron chi connectivity index (χ4n) is 10.3. The predicted octanol–water partition coefficient (Wildman–Crippen LogP) is 2.17. The van der Waals surface area contributed by atoms with Crippen LogP contribution in [0.5, 0.6) is 0 Å². The van der Waals surface area contributed by atoms with Gasteiger partial charge >= 0.3 is 24.1 Å². The van der Waals surface area contributed by atoms with Crippen molar-refractivity contribution in [2.45, 2.75) is 135 Å². The first-order chi connectivity index (χ1) is 37.1. The Bertz CT molecular complexity index is 3200. The Labute approximate surface area is 445 Å². The lowest BCUT2D eigenvalue weighted by Crippen LogP contribution is -2.57. The molecule has 0 saturated carbocycles. The summed E-state index contributed by atoms with van der Waals surface area (Å²) in [5.74, 6) is -5.69. The van der Waals surface area contributed by atoms with E-state index < -0.39 is 114 Å². The number of cyclic esters (lactones) is 2. The number of esters is 2. The van der Waals surface area contributed by atoms with E-state index in [-0.39, 0.29) is 74.7 Å². The summed E-state index contributed by atoms with van der Waals surface area (Å²) in [7, 11) is 0. The maximum atomic E-state index is 15.4. The van der Waals surface area contributed by atoms with Crippen molar-refractivity contribution in [2.24, 2.45) is 17.4 Å². The summed E-state index contributed by atoms with van der Waals surface area (Å²) in [6.45, 7) is 7.47. The summed E-state index contributed by atoms with van der Waals surface area (Å²) in [6.07, 6.45) is -0.473. The highest BCUT2D eigenvalue weighted by molar-refractivity contribution is 5.99. The topological polar surface area (TPSA) is 350 Å². The zero-order valence-electron chi connectivity index (χ0n) is 43.6. The zero-order valence-corrected chi connectivity index (χ0v) is 43.6. The Morgan fingerprint density at radius 1 is 0.936 bits per heavy atom. The monoisotopic (exact) mass is 1080 g/mol. The van der Waals surface area contributed by atoms with Gasteiger partial charge in [-0.2, -0.15) is 0 Å².